The zero-order chi connectivity index (χ0) is 19.1. The Balaban J connectivity index is 6.36. The van der Waals surface area contributed by atoms with E-state index in [0.717, 1.165) is 0 Å². The van der Waals surface area contributed by atoms with Crippen molar-refractivity contribution in [3.05, 3.63) is 0 Å². The van der Waals surface area contributed by atoms with Crippen LogP contribution in [-0.4, -0.2) is 54.3 Å². The molecule has 14 heteroatoms. The van der Waals surface area contributed by atoms with Crippen LogP contribution in [-0.2, 0) is 18.2 Å². The zero-order valence-electron chi connectivity index (χ0n) is 12.5. The van der Waals surface area contributed by atoms with Crippen LogP contribution in [0.5, 0.6) is 0 Å². The van der Waals surface area contributed by atoms with Gasteiger partial charge in [-0.25, -0.2) is 9.13 Å². The lowest BCUT2D eigenvalue weighted by Crippen LogP contribution is -2.58. The Morgan fingerprint density at radius 2 is 0.833 bits per heavy atom. The first kappa shape index (κ1) is 25.4. The van der Waals surface area contributed by atoms with Crippen LogP contribution in [0.1, 0.15) is 25.7 Å². The Kier molecular flexibility index (Phi) is 11.3. The third kappa shape index (κ3) is 7.95. The second-order valence-electron chi connectivity index (χ2n) is 4.91. The number of alkyl halides is 4. The van der Waals surface area contributed by atoms with Gasteiger partial charge in [-0.15, -0.1) is 46.4 Å². The molecule has 24 heavy (non-hydrogen) atoms. The number of hydrogen-bond donors (Lipinski definition) is 4. The topological polar surface area (TPSA) is 134 Å². The Labute approximate surface area is 160 Å². The Bertz CT molecular complexity index is 414. The molecule has 146 valence electrons. The van der Waals surface area contributed by atoms with Gasteiger partial charge in [0, 0.05) is 23.5 Å². The second-order valence-corrected chi connectivity index (χ2v) is 8.75. The van der Waals surface area contributed by atoms with Crippen LogP contribution >= 0.6 is 62.0 Å². The Morgan fingerprint density at radius 1 is 0.625 bits per heavy atom. The molecule has 0 bridgehead atoms. The van der Waals surface area contributed by atoms with E-state index in [1.165, 1.54) is 0 Å². The number of hydrogen-bond acceptors (Lipinski definition) is 4. The van der Waals surface area contributed by atoms with Crippen LogP contribution in [0.25, 0.3) is 0 Å². The highest BCUT2D eigenvalue weighted by molar-refractivity contribution is 7.46. The minimum atomic E-state index is -5.09. The molecule has 0 spiro atoms. The molecule has 0 aromatic rings. The van der Waals surface area contributed by atoms with Crippen LogP contribution < -0.4 is 0 Å². The zero-order valence-corrected chi connectivity index (χ0v) is 17.3. The van der Waals surface area contributed by atoms with Gasteiger partial charge in [-0.3, -0.25) is 9.05 Å². The van der Waals surface area contributed by atoms with Crippen LogP contribution in [0, 0.1) is 0 Å². The average molecular weight is 472 g/mol. The molecule has 0 fully saturated rings. The van der Waals surface area contributed by atoms with E-state index >= 15 is 0 Å². The quantitative estimate of drug-likeness (QED) is 0.237. The van der Waals surface area contributed by atoms with E-state index in [0.29, 0.717) is 0 Å². The molecule has 0 aliphatic heterocycles. The number of halogens is 4. The molecule has 0 heterocycles. The summed E-state index contributed by atoms with van der Waals surface area (Å²) >= 11 is 22.9. The molecule has 0 atom stereocenters. The van der Waals surface area contributed by atoms with E-state index in [9.17, 15) is 28.7 Å². The predicted octanol–water partition coefficient (Wildman–Crippen LogP) is 3.20. The fraction of sp³-hybridized carbons (Fsp3) is 1.00. The molecule has 8 nitrogen and oxygen atoms in total. The molecule has 0 aromatic heterocycles. The molecule has 4 N–H and O–H groups in total. The van der Waals surface area contributed by atoms with E-state index in [1.54, 1.807) is 0 Å². The van der Waals surface area contributed by atoms with Gasteiger partial charge in [0.15, 0.2) is 0 Å². The molecule has 0 unspecified atom stereocenters. The summed E-state index contributed by atoms with van der Waals surface area (Å²) < 4.78 is 32.8. The van der Waals surface area contributed by atoms with E-state index in [1.807, 2.05) is 0 Å². The normalized spacial score (nSPS) is 14.2. The highest BCUT2D eigenvalue weighted by Gasteiger charge is 2.57. The van der Waals surface area contributed by atoms with Crippen molar-refractivity contribution >= 4 is 62.0 Å². The Morgan fingerprint density at radius 3 is 0.958 bits per heavy atom. The van der Waals surface area contributed by atoms with Crippen LogP contribution in [0.15, 0.2) is 0 Å². The van der Waals surface area contributed by atoms with Gasteiger partial charge in [-0.1, -0.05) is 0 Å². The summed E-state index contributed by atoms with van der Waals surface area (Å²) in [5.41, 5.74) is -3.80. The summed E-state index contributed by atoms with van der Waals surface area (Å²) in [6.45, 7) is 0. The molecular weight excluding hydrogens is 452 g/mol. The summed E-state index contributed by atoms with van der Waals surface area (Å²) in [7, 11) is -10.2. The fourth-order valence-electron chi connectivity index (χ4n) is 2.58. The van der Waals surface area contributed by atoms with E-state index in [-0.39, 0.29) is 49.2 Å². The summed E-state index contributed by atoms with van der Waals surface area (Å²) in [5.74, 6) is -0.580. The van der Waals surface area contributed by atoms with Gasteiger partial charge in [0.25, 0.3) is 0 Å². The first-order chi connectivity index (χ1) is 10.9. The van der Waals surface area contributed by atoms with E-state index in [4.69, 9.17) is 55.5 Å². The molecule has 0 saturated heterocycles. The first-order valence-corrected chi connectivity index (χ1v) is 11.9. The van der Waals surface area contributed by atoms with Crippen molar-refractivity contribution in [3.8, 4) is 0 Å². The molecule has 0 aromatic carbocycles. The van der Waals surface area contributed by atoms with Gasteiger partial charge < -0.3 is 19.6 Å². The molecular formula is C10H20Cl4O8P2. The lowest BCUT2D eigenvalue weighted by Gasteiger charge is -2.49. The third-order valence-corrected chi connectivity index (χ3v) is 5.34. The van der Waals surface area contributed by atoms with Crippen molar-refractivity contribution in [1.82, 2.24) is 0 Å². The monoisotopic (exact) mass is 470 g/mol. The van der Waals surface area contributed by atoms with Crippen molar-refractivity contribution in [2.45, 2.75) is 36.9 Å². The average Bonchev–Trinajstić information content (AvgIpc) is 2.35. The fourth-order valence-corrected chi connectivity index (χ4v) is 5.41. The van der Waals surface area contributed by atoms with Crippen molar-refractivity contribution in [2.75, 3.05) is 23.5 Å². The van der Waals surface area contributed by atoms with Crippen LogP contribution in [0.2, 0.25) is 0 Å². The van der Waals surface area contributed by atoms with Crippen LogP contribution in [0.3, 0.4) is 0 Å². The van der Waals surface area contributed by atoms with E-state index in [2.05, 4.69) is 0 Å². The molecule has 0 saturated carbocycles. The molecule has 0 rings (SSSR count). The van der Waals surface area contributed by atoms with Gasteiger partial charge in [0.2, 0.25) is 0 Å². The minimum absolute atomic E-state index is 0.145. The molecule has 0 aliphatic carbocycles. The lowest BCUT2D eigenvalue weighted by molar-refractivity contribution is -0.143. The lowest BCUT2D eigenvalue weighted by atomic mass is 9.75. The maximum Gasteiger partial charge on any atom is 0.470 e. The smallest absolute Gasteiger partial charge is 0.303 e. The minimum Gasteiger partial charge on any atom is -0.303 e. The highest BCUT2D eigenvalue weighted by atomic mass is 35.5. The van der Waals surface area contributed by atoms with Gasteiger partial charge >= 0.3 is 15.6 Å². The summed E-state index contributed by atoms with van der Waals surface area (Å²) in [6, 6.07) is 0. The molecule has 0 radical (unpaired) electrons. The molecule has 0 aliphatic rings. The first-order valence-electron chi connectivity index (χ1n) is 6.67. The van der Waals surface area contributed by atoms with Gasteiger partial charge in [0.1, 0.15) is 11.2 Å². The molecule has 0 amide bonds. The van der Waals surface area contributed by atoms with Crippen LogP contribution in [0.4, 0.5) is 0 Å². The van der Waals surface area contributed by atoms with Gasteiger partial charge in [-0.05, 0) is 25.7 Å². The largest absolute Gasteiger partial charge is 0.470 e. The van der Waals surface area contributed by atoms with Crippen molar-refractivity contribution in [3.63, 3.8) is 0 Å². The highest BCUT2D eigenvalue weighted by Crippen LogP contribution is 2.56. The maximum atomic E-state index is 11.5. The number of rotatable bonds is 13. The maximum absolute atomic E-state index is 11.5. The SMILES string of the molecule is O=P(O)(O)OC(CCCl)(CCCl)C(CCCl)(CCCl)OP(=O)(O)O. The van der Waals surface area contributed by atoms with Gasteiger partial charge in [-0.2, -0.15) is 0 Å². The van der Waals surface area contributed by atoms with Crippen molar-refractivity contribution in [2.24, 2.45) is 0 Å². The second kappa shape index (κ2) is 10.6. The Hall–Kier alpha value is 1.38. The number of phosphoric acid groups is 2. The third-order valence-electron chi connectivity index (χ3n) is 3.41. The standard InChI is InChI=1S/C10H20Cl4O8P2/c11-5-1-9(2-6-12,21-23(15,16)17)10(3-7-13,4-8-14)22-24(18,19)20/h1-8H2,(H2,15,16,17)(H2,18,19,20). The summed E-state index contributed by atoms with van der Waals surface area (Å²) in [4.78, 5) is 37.2. The summed E-state index contributed by atoms with van der Waals surface area (Å²) in [6.07, 6.45) is -0.833. The van der Waals surface area contributed by atoms with Gasteiger partial charge in [0.05, 0.1) is 0 Å². The number of phosphoric ester groups is 2. The van der Waals surface area contributed by atoms with E-state index < -0.39 is 26.8 Å². The summed E-state index contributed by atoms with van der Waals surface area (Å²) in [5, 5.41) is 0. The predicted molar refractivity (Wildman–Crippen MR) is 93.1 cm³/mol. The van der Waals surface area contributed by atoms with Crippen molar-refractivity contribution < 1.29 is 37.8 Å². The van der Waals surface area contributed by atoms with Crippen molar-refractivity contribution in [1.29, 1.82) is 0 Å².